The van der Waals surface area contributed by atoms with Gasteiger partial charge in [-0.3, -0.25) is 0 Å². The number of carbonyl (C=O) groups is 1. The van der Waals surface area contributed by atoms with Crippen LogP contribution in [0.5, 0.6) is 11.6 Å². The number of rotatable bonds is 6. The third kappa shape index (κ3) is 3.54. The number of aromatic nitrogens is 2. The van der Waals surface area contributed by atoms with Crippen LogP contribution >= 0.6 is 0 Å². The second kappa shape index (κ2) is 8.80. The number of esters is 1. The molecular formula is C31H31N3O3. The Morgan fingerprint density at radius 3 is 2.51 bits per heavy atom. The van der Waals surface area contributed by atoms with E-state index in [0.29, 0.717) is 23.1 Å². The van der Waals surface area contributed by atoms with Gasteiger partial charge in [-0.05, 0) is 56.5 Å². The van der Waals surface area contributed by atoms with E-state index in [-0.39, 0.29) is 5.97 Å². The summed E-state index contributed by atoms with van der Waals surface area (Å²) in [6.45, 7) is 10.5. The minimum Gasteiger partial charge on any atom is -0.440 e. The first-order valence-corrected chi connectivity index (χ1v) is 13.0. The summed E-state index contributed by atoms with van der Waals surface area (Å²) in [5.41, 5.74) is 4.57. The maximum atomic E-state index is 13.2. The standard InChI is InChI=1S/C31H31N3O3/c1-5-33(18-17-20(2)3)23-15-16-26-27(19-23)36-29-28(21(4)32-34(29)22-11-7-6-8-12-22)31(26)25-14-10-9-13-24(25)30(35)37-31/h6-16,19-20H,5,17-18H2,1-4H3. The Balaban J connectivity index is 1.58. The van der Waals surface area contributed by atoms with E-state index in [0.717, 1.165) is 53.3 Å². The quantitative estimate of drug-likeness (QED) is 0.283. The molecule has 37 heavy (non-hydrogen) atoms. The molecule has 0 amide bonds. The third-order valence-corrected chi connectivity index (χ3v) is 7.42. The van der Waals surface area contributed by atoms with E-state index >= 15 is 0 Å². The lowest BCUT2D eigenvalue weighted by Gasteiger charge is -2.36. The minimum absolute atomic E-state index is 0.336. The lowest BCUT2D eigenvalue weighted by Crippen LogP contribution is -2.34. The van der Waals surface area contributed by atoms with Crippen molar-refractivity contribution in [1.82, 2.24) is 9.78 Å². The largest absolute Gasteiger partial charge is 0.440 e. The number of anilines is 1. The van der Waals surface area contributed by atoms with Crippen molar-refractivity contribution < 1.29 is 14.3 Å². The molecule has 6 heteroatoms. The van der Waals surface area contributed by atoms with E-state index in [1.807, 2.05) is 66.2 Å². The van der Waals surface area contributed by atoms with Crippen LogP contribution in [0.4, 0.5) is 5.69 Å². The average molecular weight is 494 g/mol. The van der Waals surface area contributed by atoms with Gasteiger partial charge in [-0.25, -0.2) is 9.48 Å². The number of para-hydroxylation sites is 1. The van der Waals surface area contributed by atoms with Crippen molar-refractivity contribution in [2.24, 2.45) is 5.92 Å². The molecule has 6 nitrogen and oxygen atoms in total. The highest BCUT2D eigenvalue weighted by Crippen LogP contribution is 2.57. The van der Waals surface area contributed by atoms with Crippen molar-refractivity contribution in [3.8, 4) is 17.3 Å². The molecule has 0 N–H and O–H groups in total. The molecule has 6 rings (SSSR count). The second-order valence-electron chi connectivity index (χ2n) is 10.2. The normalized spacial score (nSPS) is 17.3. The monoisotopic (exact) mass is 493 g/mol. The summed E-state index contributed by atoms with van der Waals surface area (Å²) in [5.74, 6) is 1.53. The molecule has 0 saturated heterocycles. The average Bonchev–Trinajstić information content (AvgIpc) is 3.39. The van der Waals surface area contributed by atoms with Gasteiger partial charge in [0.15, 0.2) is 5.60 Å². The Hall–Kier alpha value is -4.06. The molecule has 0 aliphatic carbocycles. The van der Waals surface area contributed by atoms with E-state index in [1.54, 1.807) is 0 Å². The zero-order valence-corrected chi connectivity index (χ0v) is 21.7. The number of hydrogen-bond donors (Lipinski definition) is 0. The van der Waals surface area contributed by atoms with Crippen LogP contribution in [0, 0.1) is 12.8 Å². The summed E-state index contributed by atoms with van der Waals surface area (Å²) in [5, 5.41) is 4.87. The molecule has 0 fully saturated rings. The number of nitrogens with zero attached hydrogens (tertiary/aromatic N) is 3. The molecule has 1 spiro atoms. The number of fused-ring (bicyclic) bond motifs is 6. The molecule has 0 bridgehead atoms. The highest BCUT2D eigenvalue weighted by atomic mass is 16.6. The summed E-state index contributed by atoms with van der Waals surface area (Å²) < 4.78 is 14.8. The van der Waals surface area contributed by atoms with Crippen molar-refractivity contribution in [3.63, 3.8) is 0 Å². The van der Waals surface area contributed by atoms with Gasteiger partial charge in [0.1, 0.15) is 5.75 Å². The van der Waals surface area contributed by atoms with Crippen LogP contribution in [0.2, 0.25) is 0 Å². The molecule has 2 aliphatic rings. The zero-order valence-electron chi connectivity index (χ0n) is 21.7. The fraction of sp³-hybridized carbons (Fsp3) is 0.290. The van der Waals surface area contributed by atoms with Gasteiger partial charge in [-0.15, -0.1) is 0 Å². The number of aryl methyl sites for hydroxylation is 1. The lowest BCUT2D eigenvalue weighted by atomic mass is 9.78. The zero-order chi connectivity index (χ0) is 25.7. The lowest BCUT2D eigenvalue weighted by molar-refractivity contribution is 0.0221. The van der Waals surface area contributed by atoms with Crippen LogP contribution in [0.15, 0.2) is 72.8 Å². The van der Waals surface area contributed by atoms with Crippen LogP contribution in [-0.2, 0) is 10.3 Å². The van der Waals surface area contributed by atoms with E-state index in [1.165, 1.54) is 0 Å². The van der Waals surface area contributed by atoms with Crippen LogP contribution < -0.4 is 9.64 Å². The molecule has 0 radical (unpaired) electrons. The van der Waals surface area contributed by atoms with Crippen molar-refractivity contribution in [2.75, 3.05) is 18.0 Å². The Morgan fingerprint density at radius 2 is 1.76 bits per heavy atom. The topological polar surface area (TPSA) is 56.6 Å². The number of hydrogen-bond acceptors (Lipinski definition) is 5. The van der Waals surface area contributed by atoms with Gasteiger partial charge in [0.05, 0.1) is 22.5 Å². The molecule has 2 aliphatic heterocycles. The number of carbonyl (C=O) groups excluding carboxylic acids is 1. The van der Waals surface area contributed by atoms with E-state index in [9.17, 15) is 4.79 Å². The summed E-state index contributed by atoms with van der Waals surface area (Å²) in [6, 6.07) is 23.8. The predicted octanol–water partition coefficient (Wildman–Crippen LogP) is 6.62. The Bertz CT molecular complexity index is 1490. The number of benzene rings is 3. The van der Waals surface area contributed by atoms with Crippen LogP contribution in [0.25, 0.3) is 5.69 Å². The van der Waals surface area contributed by atoms with Gasteiger partial charge in [-0.2, -0.15) is 5.10 Å². The van der Waals surface area contributed by atoms with E-state index < -0.39 is 5.60 Å². The maximum absolute atomic E-state index is 13.2. The number of ether oxygens (including phenoxy) is 2. The third-order valence-electron chi connectivity index (χ3n) is 7.42. The molecule has 188 valence electrons. The SMILES string of the molecule is CCN(CCC(C)C)c1ccc2c(c1)Oc1c(c(C)nn1-c1ccccc1)C21OC(=O)c2ccccc21. The highest BCUT2D eigenvalue weighted by Gasteiger charge is 2.56. The first-order chi connectivity index (χ1) is 17.9. The molecule has 1 unspecified atom stereocenters. The van der Waals surface area contributed by atoms with Gasteiger partial charge in [0.2, 0.25) is 5.88 Å². The van der Waals surface area contributed by atoms with Gasteiger partial charge in [0.25, 0.3) is 0 Å². The minimum atomic E-state index is -1.12. The fourth-order valence-corrected chi connectivity index (χ4v) is 5.56. The molecule has 0 saturated carbocycles. The van der Waals surface area contributed by atoms with Crippen molar-refractivity contribution in [2.45, 2.75) is 39.7 Å². The maximum Gasteiger partial charge on any atom is 0.340 e. The summed E-state index contributed by atoms with van der Waals surface area (Å²) in [6.07, 6.45) is 1.10. The molecule has 1 aromatic heterocycles. The summed E-state index contributed by atoms with van der Waals surface area (Å²) in [4.78, 5) is 15.6. The molecule has 4 aromatic rings. The van der Waals surface area contributed by atoms with Crippen LogP contribution in [-0.4, -0.2) is 28.8 Å². The predicted molar refractivity (Wildman–Crippen MR) is 144 cm³/mol. The first-order valence-electron chi connectivity index (χ1n) is 13.0. The summed E-state index contributed by atoms with van der Waals surface area (Å²) in [7, 11) is 0. The first kappa shape index (κ1) is 23.3. The fourth-order valence-electron chi connectivity index (χ4n) is 5.56. The Kier molecular flexibility index (Phi) is 5.55. The second-order valence-corrected chi connectivity index (χ2v) is 10.2. The molecule has 3 aromatic carbocycles. The molecule has 3 heterocycles. The van der Waals surface area contributed by atoms with Gasteiger partial charge in [-0.1, -0.05) is 50.2 Å². The van der Waals surface area contributed by atoms with E-state index in [2.05, 4.69) is 43.9 Å². The van der Waals surface area contributed by atoms with Gasteiger partial charge < -0.3 is 14.4 Å². The van der Waals surface area contributed by atoms with Crippen LogP contribution in [0.3, 0.4) is 0 Å². The molecular weight excluding hydrogens is 462 g/mol. The Morgan fingerprint density at radius 1 is 1.00 bits per heavy atom. The van der Waals surface area contributed by atoms with Gasteiger partial charge >= 0.3 is 5.97 Å². The smallest absolute Gasteiger partial charge is 0.340 e. The van der Waals surface area contributed by atoms with Crippen molar-refractivity contribution in [1.29, 1.82) is 0 Å². The van der Waals surface area contributed by atoms with E-state index in [4.69, 9.17) is 14.6 Å². The molecule has 1 atom stereocenters. The summed E-state index contributed by atoms with van der Waals surface area (Å²) >= 11 is 0. The Labute approximate surface area is 217 Å². The van der Waals surface area contributed by atoms with Crippen molar-refractivity contribution >= 4 is 11.7 Å². The van der Waals surface area contributed by atoms with Crippen molar-refractivity contribution in [3.05, 3.63) is 101 Å². The highest BCUT2D eigenvalue weighted by molar-refractivity contribution is 5.97. The van der Waals surface area contributed by atoms with Gasteiger partial charge in [0, 0.05) is 36.0 Å². The van der Waals surface area contributed by atoms with Crippen LogP contribution in [0.1, 0.15) is 59.9 Å².